The van der Waals surface area contributed by atoms with Gasteiger partial charge in [0.1, 0.15) is 11.5 Å². The maximum atomic E-state index is 12.7. The zero-order valence-electron chi connectivity index (χ0n) is 21.4. The predicted molar refractivity (Wildman–Crippen MR) is 153 cm³/mol. The van der Waals surface area contributed by atoms with Crippen LogP contribution in [-0.4, -0.2) is 16.5 Å². The molecular formula is C32H21N2O6P. The van der Waals surface area contributed by atoms with E-state index in [1.165, 1.54) is 60.7 Å². The smallest absolute Gasteiger partial charge is 0.395 e. The van der Waals surface area contributed by atoms with Crippen LogP contribution >= 0.6 is 7.82 Å². The summed E-state index contributed by atoms with van der Waals surface area (Å²) < 4.78 is 23.0. The van der Waals surface area contributed by atoms with Crippen LogP contribution in [0.1, 0.15) is 43.0 Å². The van der Waals surface area contributed by atoms with Gasteiger partial charge in [0.2, 0.25) is 0 Å². The fraction of sp³-hybridized carbons (Fsp3) is 0. The van der Waals surface area contributed by atoms with Crippen LogP contribution in [0.2, 0.25) is 0 Å². The predicted octanol–water partition coefficient (Wildman–Crippen LogP) is 6.78. The maximum absolute atomic E-state index is 12.7. The molecule has 0 atom stereocenters. The Balaban J connectivity index is 1.40. The molecule has 200 valence electrons. The van der Waals surface area contributed by atoms with Crippen molar-refractivity contribution in [1.29, 1.82) is 10.5 Å². The number of nitrogens with zero attached hydrogens (tertiary/aromatic N) is 2. The highest BCUT2D eigenvalue weighted by Gasteiger charge is 2.26. The van der Waals surface area contributed by atoms with Gasteiger partial charge in [0.05, 0.1) is 23.3 Å². The Hall–Kier alpha value is -5.53. The number of hydrogen-bond donors (Lipinski definition) is 1. The van der Waals surface area contributed by atoms with Crippen molar-refractivity contribution in [3.05, 3.63) is 143 Å². The number of allylic oxidation sites excluding steroid dienone is 2. The van der Waals surface area contributed by atoms with E-state index in [1.54, 1.807) is 60.7 Å². The van der Waals surface area contributed by atoms with E-state index in [0.29, 0.717) is 11.1 Å². The second kappa shape index (κ2) is 13.0. The van der Waals surface area contributed by atoms with E-state index < -0.39 is 7.82 Å². The number of carbonyl (C=O) groups excluding carboxylic acids is 2. The zero-order valence-corrected chi connectivity index (χ0v) is 22.3. The first-order valence-corrected chi connectivity index (χ1v) is 13.6. The van der Waals surface area contributed by atoms with Crippen LogP contribution in [-0.2, 0) is 4.57 Å². The first-order valence-electron chi connectivity index (χ1n) is 12.1. The quantitative estimate of drug-likeness (QED) is 0.127. The molecule has 0 bridgehead atoms. The van der Waals surface area contributed by atoms with Crippen molar-refractivity contribution >= 4 is 31.5 Å². The number of rotatable bonds is 10. The lowest BCUT2D eigenvalue weighted by Crippen LogP contribution is -2.02. The van der Waals surface area contributed by atoms with Gasteiger partial charge in [-0.05, 0) is 71.8 Å². The first kappa shape index (κ1) is 28.5. The molecule has 4 rings (SSSR count). The molecule has 0 amide bonds. The molecule has 9 heteroatoms. The minimum absolute atomic E-state index is 0.0639. The minimum Gasteiger partial charge on any atom is -0.395 e. The topological polar surface area (TPSA) is 137 Å². The average Bonchev–Trinajstić information content (AvgIpc) is 2.99. The summed E-state index contributed by atoms with van der Waals surface area (Å²) in [5.74, 6) is -0.861. The summed E-state index contributed by atoms with van der Waals surface area (Å²) in [6.07, 6.45) is 5.86. The lowest BCUT2D eigenvalue weighted by atomic mass is 10.1. The molecule has 1 N–H and O–H groups in total. The van der Waals surface area contributed by atoms with E-state index in [2.05, 4.69) is 0 Å². The van der Waals surface area contributed by atoms with Crippen molar-refractivity contribution in [3.63, 3.8) is 0 Å². The minimum atomic E-state index is -4.69. The van der Waals surface area contributed by atoms with Crippen LogP contribution in [0.5, 0.6) is 11.5 Å². The normalized spacial score (nSPS) is 12.3. The average molecular weight is 561 g/mol. The molecule has 0 fully saturated rings. The molecule has 0 aromatic heterocycles. The summed E-state index contributed by atoms with van der Waals surface area (Å²) in [7, 11) is -4.69. The standard InChI is InChI=1S/C32H21N2O6P/c33-21-25-11-7-23(8-12-25)15-17-31(35)27-3-1-5-29(19-27)39-41(37,38)40-30-6-2-4-28(20-30)32(36)18-16-24-9-13-26(22-34)14-10-24/h1-20H,(H,37,38). The fourth-order valence-corrected chi connectivity index (χ4v) is 4.37. The van der Waals surface area contributed by atoms with Gasteiger partial charge in [-0.15, -0.1) is 0 Å². The van der Waals surface area contributed by atoms with Crippen LogP contribution < -0.4 is 9.05 Å². The molecule has 0 saturated heterocycles. The molecule has 0 radical (unpaired) electrons. The molecule has 0 aliphatic rings. The van der Waals surface area contributed by atoms with Gasteiger partial charge >= 0.3 is 7.82 Å². The van der Waals surface area contributed by atoms with Crippen molar-refractivity contribution in [3.8, 4) is 23.6 Å². The van der Waals surface area contributed by atoms with E-state index in [4.69, 9.17) is 19.6 Å². The highest BCUT2D eigenvalue weighted by molar-refractivity contribution is 7.48. The lowest BCUT2D eigenvalue weighted by Gasteiger charge is -2.14. The van der Waals surface area contributed by atoms with E-state index in [0.717, 1.165) is 11.1 Å². The SMILES string of the molecule is N#Cc1ccc(C=CC(=O)c2cccc(OP(=O)(O)Oc3cccc(C(=O)C=Cc4ccc(C#N)cc4)c3)c2)cc1. The Morgan fingerprint density at radius 3 is 1.41 bits per heavy atom. The number of nitriles is 2. The van der Waals surface area contributed by atoms with Crippen LogP contribution in [0.15, 0.2) is 109 Å². The van der Waals surface area contributed by atoms with Gasteiger partial charge < -0.3 is 9.05 Å². The summed E-state index contributed by atoms with van der Waals surface area (Å²) in [6, 6.07) is 28.9. The first-order chi connectivity index (χ1) is 19.7. The van der Waals surface area contributed by atoms with Crippen LogP contribution in [0.25, 0.3) is 12.2 Å². The second-order valence-electron chi connectivity index (χ2n) is 8.57. The molecule has 41 heavy (non-hydrogen) atoms. The summed E-state index contributed by atoms with van der Waals surface area (Å²) in [5.41, 5.74) is 2.89. The molecule has 0 unspecified atom stereocenters. The van der Waals surface area contributed by atoms with Crippen LogP contribution in [0.4, 0.5) is 0 Å². The molecule has 4 aromatic rings. The zero-order chi connectivity index (χ0) is 29.2. The highest BCUT2D eigenvalue weighted by Crippen LogP contribution is 2.44. The second-order valence-corrected chi connectivity index (χ2v) is 9.87. The summed E-state index contributed by atoms with van der Waals surface area (Å²) in [6.45, 7) is 0. The number of ketones is 2. The molecule has 8 nitrogen and oxygen atoms in total. The molecule has 0 saturated carbocycles. The molecule has 4 aromatic carbocycles. The number of benzene rings is 4. The summed E-state index contributed by atoms with van der Waals surface area (Å²) in [5, 5.41) is 17.8. The number of phosphoric ester groups is 1. The molecule has 0 aliphatic heterocycles. The Morgan fingerprint density at radius 1 is 0.659 bits per heavy atom. The fourth-order valence-electron chi connectivity index (χ4n) is 3.57. The van der Waals surface area contributed by atoms with Gasteiger partial charge in [0, 0.05) is 11.1 Å². The molecule has 0 aliphatic carbocycles. The Labute approximate surface area is 236 Å². The van der Waals surface area contributed by atoms with E-state index in [1.807, 2.05) is 12.1 Å². The monoisotopic (exact) mass is 560 g/mol. The van der Waals surface area contributed by atoms with E-state index in [9.17, 15) is 19.0 Å². The third kappa shape index (κ3) is 8.23. The van der Waals surface area contributed by atoms with Crippen molar-refractivity contribution in [2.24, 2.45) is 0 Å². The highest BCUT2D eigenvalue weighted by atomic mass is 31.2. The number of phosphoric acid groups is 1. The van der Waals surface area contributed by atoms with Crippen molar-refractivity contribution < 1.29 is 28.1 Å². The lowest BCUT2D eigenvalue weighted by molar-refractivity contribution is 0.103. The van der Waals surface area contributed by atoms with Gasteiger partial charge in [-0.2, -0.15) is 10.5 Å². The Morgan fingerprint density at radius 2 is 1.05 bits per heavy atom. The largest absolute Gasteiger partial charge is 0.584 e. The van der Waals surface area contributed by atoms with Crippen molar-refractivity contribution in [2.75, 3.05) is 0 Å². The van der Waals surface area contributed by atoms with Gasteiger partial charge in [-0.3, -0.25) is 14.5 Å². The third-order valence-corrected chi connectivity index (χ3v) is 6.50. The summed E-state index contributed by atoms with van der Waals surface area (Å²) in [4.78, 5) is 35.6. The van der Waals surface area contributed by atoms with E-state index in [-0.39, 0.29) is 34.2 Å². The Bertz CT molecular complexity index is 1650. The van der Waals surface area contributed by atoms with Gasteiger partial charge in [0.25, 0.3) is 0 Å². The van der Waals surface area contributed by atoms with Gasteiger partial charge in [0.15, 0.2) is 11.6 Å². The van der Waals surface area contributed by atoms with Gasteiger partial charge in [-0.1, -0.05) is 60.7 Å². The molecular weight excluding hydrogens is 539 g/mol. The maximum Gasteiger partial charge on any atom is 0.584 e. The molecule has 0 spiro atoms. The van der Waals surface area contributed by atoms with Crippen molar-refractivity contribution in [2.45, 2.75) is 0 Å². The third-order valence-electron chi connectivity index (χ3n) is 5.61. The van der Waals surface area contributed by atoms with Crippen molar-refractivity contribution in [1.82, 2.24) is 0 Å². The number of carbonyl (C=O) groups is 2. The Kier molecular flexibility index (Phi) is 9.04. The van der Waals surface area contributed by atoms with E-state index >= 15 is 0 Å². The van der Waals surface area contributed by atoms with Crippen LogP contribution in [0, 0.1) is 22.7 Å². The summed E-state index contributed by atoms with van der Waals surface area (Å²) >= 11 is 0. The molecule has 0 heterocycles. The number of hydrogen-bond acceptors (Lipinski definition) is 7. The van der Waals surface area contributed by atoms with Crippen LogP contribution in [0.3, 0.4) is 0 Å². The van der Waals surface area contributed by atoms with Gasteiger partial charge in [-0.25, -0.2) is 4.57 Å².